The number of nitrogens with one attached hydrogen (secondary N) is 2. The van der Waals surface area contributed by atoms with E-state index in [4.69, 9.17) is 0 Å². The van der Waals surface area contributed by atoms with Gasteiger partial charge in [-0.1, -0.05) is 43.3 Å². The molecule has 0 atom stereocenters. The van der Waals surface area contributed by atoms with Gasteiger partial charge in [0.15, 0.2) is 0 Å². The molecule has 26 heavy (non-hydrogen) atoms. The molecule has 0 spiro atoms. The molecular weight excluding hydrogens is 326 g/mol. The number of carbonyl (C=O) groups excluding carboxylic acids is 2. The minimum absolute atomic E-state index is 0.0674. The fourth-order valence-electron chi connectivity index (χ4n) is 2.47. The lowest BCUT2D eigenvalue weighted by Gasteiger charge is -2.04. The second-order valence-electron chi connectivity index (χ2n) is 5.78. The zero-order chi connectivity index (χ0) is 18.4. The van der Waals surface area contributed by atoms with Gasteiger partial charge in [0.1, 0.15) is 0 Å². The van der Waals surface area contributed by atoms with E-state index in [9.17, 15) is 9.59 Å². The molecule has 0 aromatic heterocycles. The maximum atomic E-state index is 12.1. The van der Waals surface area contributed by atoms with Gasteiger partial charge in [-0.05, 0) is 46.7 Å². The third-order valence-electron chi connectivity index (χ3n) is 3.91. The van der Waals surface area contributed by atoms with Crippen molar-refractivity contribution < 1.29 is 9.59 Å². The minimum atomic E-state index is -0.310. The summed E-state index contributed by atoms with van der Waals surface area (Å²) in [6.45, 7) is 1.78. The van der Waals surface area contributed by atoms with Crippen LogP contribution in [0.1, 0.15) is 29.3 Å². The van der Waals surface area contributed by atoms with E-state index >= 15 is 0 Å². The molecule has 3 aromatic rings. The van der Waals surface area contributed by atoms with Crippen LogP contribution in [0.25, 0.3) is 10.8 Å². The Labute approximate surface area is 151 Å². The number of amides is 2. The molecule has 0 fully saturated rings. The summed E-state index contributed by atoms with van der Waals surface area (Å²) in [4.78, 5) is 23.5. The van der Waals surface area contributed by atoms with E-state index in [1.165, 1.54) is 0 Å². The number of anilines is 1. The molecule has 130 valence electrons. The van der Waals surface area contributed by atoms with Crippen molar-refractivity contribution >= 4 is 34.5 Å². The fourth-order valence-corrected chi connectivity index (χ4v) is 2.47. The average molecular weight is 345 g/mol. The van der Waals surface area contributed by atoms with Gasteiger partial charge in [-0.3, -0.25) is 9.59 Å². The number of fused-ring (bicyclic) bond motifs is 1. The van der Waals surface area contributed by atoms with Gasteiger partial charge < -0.3 is 5.32 Å². The van der Waals surface area contributed by atoms with E-state index in [0.717, 1.165) is 16.3 Å². The Morgan fingerprint density at radius 1 is 0.962 bits per heavy atom. The summed E-state index contributed by atoms with van der Waals surface area (Å²) < 4.78 is 0. The number of hydrazone groups is 1. The lowest BCUT2D eigenvalue weighted by molar-refractivity contribution is -0.115. The molecule has 0 unspecified atom stereocenters. The number of hydrogen-bond acceptors (Lipinski definition) is 3. The highest BCUT2D eigenvalue weighted by molar-refractivity contribution is 5.96. The van der Waals surface area contributed by atoms with Crippen molar-refractivity contribution in [3.05, 3.63) is 77.9 Å². The molecule has 0 bridgehead atoms. The van der Waals surface area contributed by atoms with Gasteiger partial charge in [-0.15, -0.1) is 0 Å². The Bertz CT molecular complexity index is 962. The highest BCUT2D eigenvalue weighted by atomic mass is 16.2. The number of nitrogens with zero attached hydrogens (tertiary/aromatic N) is 1. The van der Waals surface area contributed by atoms with E-state index in [2.05, 4.69) is 15.8 Å². The van der Waals surface area contributed by atoms with Crippen molar-refractivity contribution in [3.8, 4) is 0 Å². The number of rotatable bonds is 5. The summed E-state index contributed by atoms with van der Waals surface area (Å²) in [5, 5.41) is 9.03. The second-order valence-corrected chi connectivity index (χ2v) is 5.78. The van der Waals surface area contributed by atoms with E-state index in [-0.39, 0.29) is 11.8 Å². The topological polar surface area (TPSA) is 70.6 Å². The van der Waals surface area contributed by atoms with Crippen LogP contribution in [0.4, 0.5) is 5.69 Å². The molecular formula is C21H19N3O2. The second kappa shape index (κ2) is 8.07. The largest absolute Gasteiger partial charge is 0.326 e. The van der Waals surface area contributed by atoms with Crippen molar-refractivity contribution in [1.29, 1.82) is 0 Å². The third-order valence-corrected chi connectivity index (χ3v) is 3.91. The number of benzene rings is 3. The molecule has 0 aliphatic rings. The average Bonchev–Trinajstić information content (AvgIpc) is 2.68. The normalized spacial score (nSPS) is 10.8. The predicted octanol–water partition coefficient (Wildman–Crippen LogP) is 3.95. The maximum Gasteiger partial charge on any atom is 0.271 e. The van der Waals surface area contributed by atoms with Crippen molar-refractivity contribution in [3.63, 3.8) is 0 Å². The van der Waals surface area contributed by atoms with Crippen molar-refractivity contribution in [1.82, 2.24) is 5.43 Å². The lowest BCUT2D eigenvalue weighted by atomic mass is 10.1. The van der Waals surface area contributed by atoms with Gasteiger partial charge >= 0.3 is 0 Å². The first kappa shape index (κ1) is 17.4. The Morgan fingerprint density at radius 3 is 2.42 bits per heavy atom. The molecule has 2 N–H and O–H groups in total. The summed E-state index contributed by atoms with van der Waals surface area (Å²) in [6.07, 6.45) is 2.02. The quantitative estimate of drug-likeness (QED) is 0.543. The zero-order valence-corrected chi connectivity index (χ0v) is 14.4. The Hall–Kier alpha value is -3.47. The molecule has 2 amide bonds. The molecule has 3 rings (SSSR count). The Morgan fingerprint density at radius 2 is 1.69 bits per heavy atom. The van der Waals surface area contributed by atoms with Gasteiger partial charge in [-0.25, -0.2) is 5.43 Å². The molecule has 0 radical (unpaired) electrons. The van der Waals surface area contributed by atoms with E-state index in [1.54, 1.807) is 37.4 Å². The highest BCUT2D eigenvalue weighted by Gasteiger charge is 2.05. The number of hydrogen-bond donors (Lipinski definition) is 2. The van der Waals surface area contributed by atoms with Crippen molar-refractivity contribution in [2.75, 3.05) is 5.32 Å². The van der Waals surface area contributed by atoms with Crippen molar-refractivity contribution in [2.24, 2.45) is 5.10 Å². The maximum absolute atomic E-state index is 12.1. The van der Waals surface area contributed by atoms with Gasteiger partial charge in [0.25, 0.3) is 5.91 Å². The first-order chi connectivity index (χ1) is 12.7. The number of carbonyl (C=O) groups is 2. The monoisotopic (exact) mass is 345 g/mol. The van der Waals surface area contributed by atoms with Crippen LogP contribution in [-0.2, 0) is 4.79 Å². The van der Waals surface area contributed by atoms with E-state index in [0.29, 0.717) is 17.7 Å². The molecule has 5 heteroatoms. The summed E-state index contributed by atoms with van der Waals surface area (Å²) >= 11 is 0. The summed E-state index contributed by atoms with van der Waals surface area (Å²) in [5.41, 5.74) is 4.54. The first-order valence-electron chi connectivity index (χ1n) is 8.38. The van der Waals surface area contributed by atoms with Crippen LogP contribution >= 0.6 is 0 Å². The third kappa shape index (κ3) is 4.33. The lowest BCUT2D eigenvalue weighted by Crippen LogP contribution is -2.17. The molecule has 3 aromatic carbocycles. The molecule has 0 heterocycles. The van der Waals surface area contributed by atoms with Gasteiger partial charge in [0.05, 0.1) is 6.21 Å². The SMILES string of the molecule is CCC(=O)Nc1ccc(C(=O)NN=Cc2ccc3ccccc3c2)cc1. The summed E-state index contributed by atoms with van der Waals surface area (Å²) in [6, 6.07) is 20.7. The Kier molecular flexibility index (Phi) is 5.39. The van der Waals surface area contributed by atoms with Crippen LogP contribution in [0.3, 0.4) is 0 Å². The van der Waals surface area contributed by atoms with E-state index in [1.807, 2.05) is 42.5 Å². The first-order valence-corrected chi connectivity index (χ1v) is 8.38. The van der Waals surface area contributed by atoms with Gasteiger partial charge in [0, 0.05) is 17.7 Å². The van der Waals surface area contributed by atoms with Crippen molar-refractivity contribution in [2.45, 2.75) is 13.3 Å². The molecule has 0 saturated carbocycles. The minimum Gasteiger partial charge on any atom is -0.326 e. The van der Waals surface area contributed by atoms with Crippen LogP contribution in [-0.4, -0.2) is 18.0 Å². The van der Waals surface area contributed by atoms with Gasteiger partial charge in [-0.2, -0.15) is 5.10 Å². The molecule has 0 aliphatic carbocycles. The van der Waals surface area contributed by atoms with Crippen LogP contribution in [0.2, 0.25) is 0 Å². The molecule has 0 aliphatic heterocycles. The smallest absolute Gasteiger partial charge is 0.271 e. The summed E-state index contributed by atoms with van der Waals surface area (Å²) in [7, 11) is 0. The standard InChI is InChI=1S/C21H19N3O2/c1-2-20(25)23-19-11-9-17(10-12-19)21(26)24-22-14-15-7-8-16-5-3-4-6-18(16)13-15/h3-14H,2H2,1H3,(H,23,25)(H,24,26). The van der Waals surface area contributed by atoms with E-state index < -0.39 is 0 Å². The van der Waals surface area contributed by atoms with Gasteiger partial charge in [0.2, 0.25) is 5.91 Å². The fraction of sp³-hybridized carbons (Fsp3) is 0.0952. The zero-order valence-electron chi connectivity index (χ0n) is 14.4. The highest BCUT2D eigenvalue weighted by Crippen LogP contribution is 2.14. The molecule has 0 saturated heterocycles. The predicted molar refractivity (Wildman–Crippen MR) is 104 cm³/mol. The Balaban J connectivity index is 1.62. The van der Waals surface area contributed by atoms with Crippen LogP contribution in [0.15, 0.2) is 71.8 Å². The van der Waals surface area contributed by atoms with Crippen LogP contribution in [0, 0.1) is 0 Å². The van der Waals surface area contributed by atoms with Crippen LogP contribution in [0.5, 0.6) is 0 Å². The van der Waals surface area contributed by atoms with Crippen LogP contribution < -0.4 is 10.7 Å². The molecule has 5 nitrogen and oxygen atoms in total. The summed E-state index contributed by atoms with van der Waals surface area (Å²) in [5.74, 6) is -0.377.